The van der Waals surface area contributed by atoms with E-state index in [4.69, 9.17) is 0 Å². The Bertz CT molecular complexity index is 790. The van der Waals surface area contributed by atoms with E-state index in [2.05, 4.69) is 26.1 Å². The molecule has 2 rings (SSSR count). The fraction of sp³-hybridized carbons (Fsp3) is 0.571. The summed E-state index contributed by atoms with van der Waals surface area (Å²) < 4.78 is 31.5. The van der Waals surface area contributed by atoms with Gasteiger partial charge in [-0.15, -0.1) is 0 Å². The Morgan fingerprint density at radius 2 is 2.00 bits per heavy atom. The number of sulfonamides is 1. The summed E-state index contributed by atoms with van der Waals surface area (Å²) in [6, 6.07) is 0. The van der Waals surface area contributed by atoms with Crippen molar-refractivity contribution in [3.05, 3.63) is 27.8 Å². The van der Waals surface area contributed by atoms with Crippen molar-refractivity contribution in [3.63, 3.8) is 0 Å². The van der Waals surface area contributed by atoms with Crippen LogP contribution in [-0.2, 0) is 30.2 Å². The van der Waals surface area contributed by atoms with Gasteiger partial charge in [-0.25, -0.2) is 8.42 Å². The number of hydrogen-bond acceptors (Lipinski definition) is 4. The highest BCUT2D eigenvalue weighted by molar-refractivity contribution is 9.10. The molecule has 7 nitrogen and oxygen atoms in total. The van der Waals surface area contributed by atoms with E-state index in [1.165, 1.54) is 4.31 Å². The first-order valence-electron chi connectivity index (χ1n) is 7.36. The van der Waals surface area contributed by atoms with E-state index in [1.807, 2.05) is 6.92 Å². The Balaban J connectivity index is 2.38. The topological polar surface area (TPSA) is 73.0 Å². The zero-order valence-corrected chi connectivity index (χ0v) is 16.4. The van der Waals surface area contributed by atoms with Crippen LogP contribution in [-0.4, -0.2) is 39.3 Å². The SMILES string of the molecule is CCCn1nc(C)c(S(=O)(=O)N(C)Cc2c(Br)cnn2C)c1C. The van der Waals surface area contributed by atoms with Crippen LogP contribution in [0.5, 0.6) is 0 Å². The molecule has 0 unspecified atom stereocenters. The van der Waals surface area contributed by atoms with Crippen molar-refractivity contribution in [2.45, 2.75) is 45.2 Å². The van der Waals surface area contributed by atoms with Gasteiger partial charge in [-0.3, -0.25) is 9.36 Å². The molecular weight excluding hydrogens is 382 g/mol. The van der Waals surface area contributed by atoms with E-state index in [-0.39, 0.29) is 6.54 Å². The third-order valence-corrected chi connectivity index (χ3v) is 6.52. The minimum Gasteiger partial charge on any atom is -0.270 e. The minimum absolute atomic E-state index is 0.233. The fourth-order valence-electron chi connectivity index (χ4n) is 2.55. The van der Waals surface area contributed by atoms with Crippen LogP contribution in [0.4, 0.5) is 0 Å². The van der Waals surface area contributed by atoms with Gasteiger partial charge in [-0.2, -0.15) is 14.5 Å². The molecule has 2 heterocycles. The van der Waals surface area contributed by atoms with Crippen molar-refractivity contribution in [2.24, 2.45) is 7.05 Å². The van der Waals surface area contributed by atoms with Crippen molar-refractivity contribution in [3.8, 4) is 0 Å². The summed E-state index contributed by atoms with van der Waals surface area (Å²) in [5.41, 5.74) is 2.01. The summed E-state index contributed by atoms with van der Waals surface area (Å²) in [5.74, 6) is 0. The molecule has 0 saturated heterocycles. The lowest BCUT2D eigenvalue weighted by atomic mass is 10.4. The molecule has 128 valence electrons. The highest BCUT2D eigenvalue weighted by atomic mass is 79.9. The Morgan fingerprint density at radius 1 is 1.35 bits per heavy atom. The van der Waals surface area contributed by atoms with E-state index in [9.17, 15) is 8.42 Å². The second-order valence-electron chi connectivity index (χ2n) is 5.55. The zero-order valence-electron chi connectivity index (χ0n) is 14.0. The molecule has 0 bridgehead atoms. The first-order valence-corrected chi connectivity index (χ1v) is 9.60. The highest BCUT2D eigenvalue weighted by Crippen LogP contribution is 2.25. The lowest BCUT2D eigenvalue weighted by molar-refractivity contribution is 0.451. The van der Waals surface area contributed by atoms with Crippen molar-refractivity contribution in [1.29, 1.82) is 0 Å². The van der Waals surface area contributed by atoms with E-state index < -0.39 is 10.0 Å². The van der Waals surface area contributed by atoms with Gasteiger partial charge in [0.25, 0.3) is 0 Å². The van der Waals surface area contributed by atoms with Crippen molar-refractivity contribution < 1.29 is 8.42 Å². The van der Waals surface area contributed by atoms with Crippen LogP contribution in [0.15, 0.2) is 15.6 Å². The van der Waals surface area contributed by atoms with E-state index >= 15 is 0 Å². The van der Waals surface area contributed by atoms with Crippen LogP contribution in [0.2, 0.25) is 0 Å². The Kier molecular flexibility index (Phi) is 5.32. The summed E-state index contributed by atoms with van der Waals surface area (Å²) in [6.07, 6.45) is 2.56. The van der Waals surface area contributed by atoms with Crippen LogP contribution in [0.25, 0.3) is 0 Å². The summed E-state index contributed by atoms with van der Waals surface area (Å²) in [4.78, 5) is 0.298. The Hall–Kier alpha value is -1.19. The van der Waals surface area contributed by atoms with Gasteiger partial charge in [0.15, 0.2) is 0 Å². The molecular formula is C14H22BrN5O2S. The molecule has 0 spiro atoms. The van der Waals surface area contributed by atoms with Crippen LogP contribution in [0.1, 0.15) is 30.4 Å². The van der Waals surface area contributed by atoms with Gasteiger partial charge in [-0.1, -0.05) is 6.92 Å². The van der Waals surface area contributed by atoms with E-state index in [1.54, 1.807) is 43.5 Å². The lowest BCUT2D eigenvalue weighted by Crippen LogP contribution is -2.28. The van der Waals surface area contributed by atoms with Crippen LogP contribution < -0.4 is 0 Å². The van der Waals surface area contributed by atoms with Crippen molar-refractivity contribution in [1.82, 2.24) is 23.9 Å². The lowest BCUT2D eigenvalue weighted by Gasteiger charge is -2.18. The van der Waals surface area contributed by atoms with Crippen LogP contribution >= 0.6 is 15.9 Å². The maximum atomic E-state index is 13.0. The number of aromatic nitrogens is 4. The Labute approximate surface area is 145 Å². The van der Waals surface area contributed by atoms with Gasteiger partial charge in [-0.05, 0) is 36.2 Å². The molecule has 0 fully saturated rings. The molecule has 2 aromatic rings. The molecule has 0 aliphatic carbocycles. The quantitative estimate of drug-likeness (QED) is 0.740. The Morgan fingerprint density at radius 3 is 2.52 bits per heavy atom. The van der Waals surface area contributed by atoms with Gasteiger partial charge in [0.1, 0.15) is 4.90 Å². The first kappa shape index (κ1) is 18.2. The van der Waals surface area contributed by atoms with Gasteiger partial charge >= 0.3 is 0 Å². The summed E-state index contributed by atoms with van der Waals surface area (Å²) in [5, 5.41) is 8.48. The van der Waals surface area contributed by atoms with Gasteiger partial charge in [0.05, 0.1) is 34.3 Å². The molecule has 2 aromatic heterocycles. The van der Waals surface area contributed by atoms with Gasteiger partial charge in [0, 0.05) is 20.6 Å². The van der Waals surface area contributed by atoms with Crippen LogP contribution in [0.3, 0.4) is 0 Å². The third kappa shape index (κ3) is 3.36. The number of aryl methyl sites for hydroxylation is 3. The molecule has 0 atom stereocenters. The van der Waals surface area contributed by atoms with Crippen LogP contribution in [0, 0.1) is 13.8 Å². The molecule has 0 amide bonds. The number of halogens is 1. The van der Waals surface area contributed by atoms with Gasteiger partial charge < -0.3 is 0 Å². The number of hydrogen-bond donors (Lipinski definition) is 0. The van der Waals surface area contributed by atoms with E-state index in [0.717, 1.165) is 16.6 Å². The molecule has 23 heavy (non-hydrogen) atoms. The van der Waals surface area contributed by atoms with E-state index in [0.29, 0.717) is 22.8 Å². The second-order valence-corrected chi connectivity index (χ2v) is 8.38. The number of rotatable bonds is 6. The third-order valence-electron chi connectivity index (χ3n) is 3.80. The summed E-state index contributed by atoms with van der Waals surface area (Å²) in [6.45, 7) is 6.52. The largest absolute Gasteiger partial charge is 0.270 e. The first-order chi connectivity index (χ1) is 10.7. The molecule has 0 aliphatic rings. The maximum absolute atomic E-state index is 13.0. The molecule has 0 aliphatic heterocycles. The maximum Gasteiger partial charge on any atom is 0.246 e. The predicted molar refractivity (Wildman–Crippen MR) is 91.6 cm³/mol. The molecule has 0 N–H and O–H groups in total. The normalized spacial score (nSPS) is 12.3. The predicted octanol–water partition coefficient (Wildman–Crippen LogP) is 2.23. The smallest absolute Gasteiger partial charge is 0.246 e. The highest BCUT2D eigenvalue weighted by Gasteiger charge is 2.29. The molecule has 0 saturated carbocycles. The summed E-state index contributed by atoms with van der Waals surface area (Å²) >= 11 is 3.40. The monoisotopic (exact) mass is 403 g/mol. The van der Waals surface area contributed by atoms with Gasteiger partial charge in [0.2, 0.25) is 10.0 Å². The van der Waals surface area contributed by atoms with Crippen molar-refractivity contribution in [2.75, 3.05) is 7.05 Å². The van der Waals surface area contributed by atoms with Crippen molar-refractivity contribution >= 4 is 26.0 Å². The average molecular weight is 404 g/mol. The fourth-order valence-corrected chi connectivity index (χ4v) is 4.52. The molecule has 0 radical (unpaired) electrons. The second kappa shape index (κ2) is 6.74. The number of nitrogens with zero attached hydrogens (tertiary/aromatic N) is 5. The molecule has 0 aromatic carbocycles. The average Bonchev–Trinajstić information content (AvgIpc) is 2.93. The zero-order chi connectivity index (χ0) is 17.4. The standard InChI is InChI=1S/C14H22BrN5O2S/c1-6-7-20-11(3)14(10(2)17-20)23(21,22)18(4)9-13-12(15)8-16-19(13)5/h8H,6-7,9H2,1-5H3. The minimum atomic E-state index is -3.62. The summed E-state index contributed by atoms with van der Waals surface area (Å²) in [7, 11) is -0.257. The molecule has 9 heteroatoms.